The molecular formula is C15H27N5. The molecule has 0 unspecified atom stereocenters. The van der Waals surface area contributed by atoms with E-state index in [0.717, 1.165) is 49.8 Å². The fourth-order valence-electron chi connectivity index (χ4n) is 2.59. The van der Waals surface area contributed by atoms with Crippen LogP contribution in [0.3, 0.4) is 0 Å². The van der Waals surface area contributed by atoms with Crippen molar-refractivity contribution < 1.29 is 0 Å². The summed E-state index contributed by atoms with van der Waals surface area (Å²) in [7, 11) is 0. The molecule has 1 aromatic heterocycles. The summed E-state index contributed by atoms with van der Waals surface area (Å²) in [5.74, 6) is 1.02. The van der Waals surface area contributed by atoms with Crippen molar-refractivity contribution in [2.75, 3.05) is 44.2 Å². The molecule has 5 nitrogen and oxygen atoms in total. The third kappa shape index (κ3) is 4.15. The molecule has 0 amide bonds. The summed E-state index contributed by atoms with van der Waals surface area (Å²) in [6, 6.07) is 0. The maximum absolute atomic E-state index is 5.56. The maximum atomic E-state index is 5.56. The molecule has 1 aliphatic rings. The molecule has 0 aromatic carbocycles. The van der Waals surface area contributed by atoms with Gasteiger partial charge in [-0.2, -0.15) is 0 Å². The first-order valence-corrected chi connectivity index (χ1v) is 7.68. The van der Waals surface area contributed by atoms with Crippen molar-refractivity contribution in [2.24, 2.45) is 5.73 Å². The third-order valence-electron chi connectivity index (χ3n) is 4.02. The number of hydrogen-bond donors (Lipinski definition) is 1. The molecule has 0 atom stereocenters. The normalized spacial score (nSPS) is 17.2. The average molecular weight is 277 g/mol. The summed E-state index contributed by atoms with van der Waals surface area (Å²) < 4.78 is 0. The highest BCUT2D eigenvalue weighted by atomic mass is 15.2. The van der Waals surface area contributed by atoms with Gasteiger partial charge in [0.05, 0.1) is 17.6 Å². The molecular weight excluding hydrogens is 250 g/mol. The van der Waals surface area contributed by atoms with Crippen LogP contribution in [-0.2, 0) is 0 Å². The van der Waals surface area contributed by atoms with Crippen molar-refractivity contribution in [2.45, 2.75) is 33.1 Å². The van der Waals surface area contributed by atoms with Crippen LogP contribution >= 0.6 is 0 Å². The summed E-state index contributed by atoms with van der Waals surface area (Å²) in [6.45, 7) is 10.4. The Hall–Kier alpha value is -1.20. The summed E-state index contributed by atoms with van der Waals surface area (Å²) >= 11 is 0. The molecule has 20 heavy (non-hydrogen) atoms. The van der Waals surface area contributed by atoms with Gasteiger partial charge in [0.2, 0.25) is 0 Å². The molecule has 112 valence electrons. The van der Waals surface area contributed by atoms with Gasteiger partial charge in [0.25, 0.3) is 0 Å². The lowest BCUT2D eigenvalue weighted by molar-refractivity contribution is 0.288. The van der Waals surface area contributed by atoms with Gasteiger partial charge in [0, 0.05) is 19.6 Å². The van der Waals surface area contributed by atoms with Crippen molar-refractivity contribution in [1.82, 2.24) is 14.9 Å². The van der Waals surface area contributed by atoms with Crippen LogP contribution in [0.2, 0.25) is 0 Å². The van der Waals surface area contributed by atoms with E-state index < -0.39 is 0 Å². The number of aryl methyl sites for hydroxylation is 2. The Labute approximate surface area is 122 Å². The molecule has 0 spiro atoms. The minimum atomic E-state index is 0.804. The lowest BCUT2D eigenvalue weighted by atomic mass is 10.3. The molecule has 0 aliphatic carbocycles. The Morgan fingerprint density at radius 2 is 1.95 bits per heavy atom. The van der Waals surface area contributed by atoms with Gasteiger partial charge in [0.15, 0.2) is 0 Å². The monoisotopic (exact) mass is 277 g/mol. The molecule has 1 aromatic rings. The number of nitrogens with two attached hydrogens (primary N) is 1. The SMILES string of the molecule is Cc1ncc(N2CCCN(CCCCN)CC2)nc1C. The van der Waals surface area contributed by atoms with E-state index in [1.807, 2.05) is 20.0 Å². The minimum Gasteiger partial charge on any atom is -0.354 e. The predicted octanol–water partition coefficient (Wildman–Crippen LogP) is 1.34. The van der Waals surface area contributed by atoms with Gasteiger partial charge in [-0.05, 0) is 52.7 Å². The zero-order valence-corrected chi connectivity index (χ0v) is 12.8. The molecule has 2 heterocycles. The Kier molecular flexibility index (Phi) is 5.73. The molecule has 2 N–H and O–H groups in total. The number of nitrogens with zero attached hydrogens (tertiary/aromatic N) is 4. The molecule has 1 fully saturated rings. The Balaban J connectivity index is 1.90. The first-order chi connectivity index (χ1) is 9.70. The van der Waals surface area contributed by atoms with Crippen molar-refractivity contribution in [3.05, 3.63) is 17.6 Å². The van der Waals surface area contributed by atoms with Crippen LogP contribution in [0, 0.1) is 13.8 Å². The van der Waals surface area contributed by atoms with Gasteiger partial charge in [-0.15, -0.1) is 0 Å². The van der Waals surface area contributed by atoms with E-state index in [-0.39, 0.29) is 0 Å². The second-order valence-corrected chi connectivity index (χ2v) is 5.58. The van der Waals surface area contributed by atoms with Crippen LogP contribution in [-0.4, -0.2) is 54.1 Å². The predicted molar refractivity (Wildman–Crippen MR) is 83.1 cm³/mol. The maximum Gasteiger partial charge on any atom is 0.147 e. The van der Waals surface area contributed by atoms with Crippen LogP contribution < -0.4 is 10.6 Å². The zero-order chi connectivity index (χ0) is 14.4. The highest BCUT2D eigenvalue weighted by Crippen LogP contribution is 2.14. The third-order valence-corrected chi connectivity index (χ3v) is 4.02. The van der Waals surface area contributed by atoms with E-state index >= 15 is 0 Å². The van der Waals surface area contributed by atoms with Crippen LogP contribution in [0.15, 0.2) is 6.20 Å². The topological polar surface area (TPSA) is 58.3 Å². The second kappa shape index (κ2) is 7.55. The van der Waals surface area contributed by atoms with Gasteiger partial charge in [-0.25, -0.2) is 4.98 Å². The van der Waals surface area contributed by atoms with E-state index in [9.17, 15) is 0 Å². The number of hydrogen-bond acceptors (Lipinski definition) is 5. The van der Waals surface area contributed by atoms with E-state index in [4.69, 9.17) is 5.73 Å². The van der Waals surface area contributed by atoms with Gasteiger partial charge < -0.3 is 15.5 Å². The molecule has 5 heteroatoms. The van der Waals surface area contributed by atoms with Crippen molar-refractivity contribution in [3.8, 4) is 0 Å². The first kappa shape index (κ1) is 15.2. The van der Waals surface area contributed by atoms with Gasteiger partial charge >= 0.3 is 0 Å². The van der Waals surface area contributed by atoms with Crippen molar-refractivity contribution >= 4 is 5.82 Å². The summed E-state index contributed by atoms with van der Waals surface area (Å²) in [6.07, 6.45) is 5.44. The Morgan fingerprint density at radius 3 is 2.70 bits per heavy atom. The van der Waals surface area contributed by atoms with E-state index in [2.05, 4.69) is 19.8 Å². The number of anilines is 1. The largest absolute Gasteiger partial charge is 0.354 e. The smallest absolute Gasteiger partial charge is 0.147 e. The molecule has 2 rings (SSSR count). The first-order valence-electron chi connectivity index (χ1n) is 7.68. The minimum absolute atomic E-state index is 0.804. The second-order valence-electron chi connectivity index (χ2n) is 5.58. The van der Waals surface area contributed by atoms with E-state index in [1.54, 1.807) is 0 Å². The highest BCUT2D eigenvalue weighted by Gasteiger charge is 2.16. The van der Waals surface area contributed by atoms with Crippen LogP contribution in [0.1, 0.15) is 30.7 Å². The van der Waals surface area contributed by atoms with Gasteiger partial charge in [-0.1, -0.05) is 0 Å². The lowest BCUT2D eigenvalue weighted by Gasteiger charge is -2.22. The lowest BCUT2D eigenvalue weighted by Crippen LogP contribution is -2.32. The Bertz CT molecular complexity index is 421. The van der Waals surface area contributed by atoms with Crippen molar-refractivity contribution in [3.63, 3.8) is 0 Å². The fourth-order valence-corrected chi connectivity index (χ4v) is 2.59. The number of rotatable bonds is 5. The molecule has 0 radical (unpaired) electrons. The van der Waals surface area contributed by atoms with Crippen molar-refractivity contribution in [1.29, 1.82) is 0 Å². The van der Waals surface area contributed by atoms with E-state index in [1.165, 1.54) is 25.9 Å². The van der Waals surface area contributed by atoms with Gasteiger partial charge in [-0.3, -0.25) is 4.98 Å². The summed E-state index contributed by atoms with van der Waals surface area (Å²) in [5, 5.41) is 0. The average Bonchev–Trinajstić information content (AvgIpc) is 2.68. The molecule has 1 saturated heterocycles. The summed E-state index contributed by atoms with van der Waals surface area (Å²) in [4.78, 5) is 14.0. The molecule has 0 bridgehead atoms. The summed E-state index contributed by atoms with van der Waals surface area (Å²) in [5.41, 5.74) is 7.61. The number of unbranched alkanes of at least 4 members (excludes halogenated alkanes) is 1. The molecule has 1 aliphatic heterocycles. The van der Waals surface area contributed by atoms with E-state index in [0.29, 0.717) is 0 Å². The molecule has 0 saturated carbocycles. The zero-order valence-electron chi connectivity index (χ0n) is 12.8. The quantitative estimate of drug-likeness (QED) is 0.823. The fraction of sp³-hybridized carbons (Fsp3) is 0.733. The van der Waals surface area contributed by atoms with Gasteiger partial charge in [0.1, 0.15) is 5.82 Å². The highest BCUT2D eigenvalue weighted by molar-refractivity contribution is 5.37. The van der Waals surface area contributed by atoms with Crippen LogP contribution in [0.4, 0.5) is 5.82 Å². The number of aromatic nitrogens is 2. The standard InChI is InChI=1S/C15H27N5/c1-13-14(2)18-15(12-17-13)20-9-5-8-19(10-11-20)7-4-3-6-16/h12H,3-11,16H2,1-2H3. The van der Waals surface area contributed by atoms with Crippen LogP contribution in [0.25, 0.3) is 0 Å². The van der Waals surface area contributed by atoms with Crippen LogP contribution in [0.5, 0.6) is 0 Å². The Morgan fingerprint density at radius 1 is 1.10 bits per heavy atom.